The van der Waals surface area contributed by atoms with Gasteiger partial charge in [-0.25, -0.2) is 8.42 Å². The summed E-state index contributed by atoms with van der Waals surface area (Å²) >= 11 is 0. The van der Waals surface area contributed by atoms with E-state index in [1.54, 1.807) is 35.2 Å². The maximum atomic E-state index is 13.2. The molecule has 0 aliphatic carbocycles. The van der Waals surface area contributed by atoms with Gasteiger partial charge in [-0.3, -0.25) is 4.79 Å². The Balaban J connectivity index is 1.95. The first kappa shape index (κ1) is 19.4. The number of nitrogens with zero attached hydrogens (tertiary/aromatic N) is 1. The molecule has 1 aliphatic rings. The molecule has 0 bridgehead atoms. The molecule has 3 rings (SSSR count). The molecule has 1 fully saturated rings. The third-order valence-electron chi connectivity index (χ3n) is 5.35. The SMILES string of the molecule is C=C[C@H]1[C@H](S(=O)(=O)c2ccc(C)cc2)C(=O)N(Cc2ccc(C)cc2)[C@H]1C. The summed E-state index contributed by atoms with van der Waals surface area (Å²) in [5.41, 5.74) is 3.10. The minimum absolute atomic E-state index is 0.183. The summed E-state index contributed by atoms with van der Waals surface area (Å²) in [5, 5.41) is -1.13. The highest BCUT2D eigenvalue weighted by molar-refractivity contribution is 7.92. The van der Waals surface area contributed by atoms with E-state index in [2.05, 4.69) is 6.58 Å². The number of hydrogen-bond donors (Lipinski definition) is 0. The lowest BCUT2D eigenvalue weighted by atomic mass is 10.0. The van der Waals surface area contributed by atoms with Crippen molar-refractivity contribution in [2.45, 2.75) is 43.5 Å². The van der Waals surface area contributed by atoms with Gasteiger partial charge in [0.15, 0.2) is 15.1 Å². The van der Waals surface area contributed by atoms with Crippen molar-refractivity contribution in [2.24, 2.45) is 5.92 Å². The van der Waals surface area contributed by atoms with Gasteiger partial charge in [-0.2, -0.15) is 0 Å². The summed E-state index contributed by atoms with van der Waals surface area (Å²) in [4.78, 5) is 15.0. The predicted molar refractivity (Wildman–Crippen MR) is 107 cm³/mol. The predicted octanol–water partition coefficient (Wildman–Crippen LogP) is 3.68. The molecule has 1 amide bonds. The molecule has 2 aromatic carbocycles. The van der Waals surface area contributed by atoms with Gasteiger partial charge < -0.3 is 4.90 Å². The van der Waals surface area contributed by atoms with Gasteiger partial charge in [0.2, 0.25) is 5.91 Å². The normalized spacial score (nSPS) is 22.9. The Kier molecular flexibility index (Phi) is 5.24. The van der Waals surface area contributed by atoms with Crippen molar-refractivity contribution in [1.29, 1.82) is 0 Å². The van der Waals surface area contributed by atoms with E-state index >= 15 is 0 Å². The van der Waals surface area contributed by atoms with E-state index < -0.39 is 21.0 Å². The maximum Gasteiger partial charge on any atom is 0.242 e. The molecule has 0 aromatic heterocycles. The highest BCUT2D eigenvalue weighted by Gasteiger charge is 2.51. The summed E-state index contributed by atoms with van der Waals surface area (Å²) in [5.74, 6) is -0.803. The minimum Gasteiger partial charge on any atom is -0.334 e. The van der Waals surface area contributed by atoms with E-state index in [0.717, 1.165) is 16.7 Å². The number of aryl methyl sites for hydroxylation is 2. The maximum absolute atomic E-state index is 13.2. The van der Waals surface area contributed by atoms with Crippen LogP contribution in [-0.4, -0.2) is 30.5 Å². The highest BCUT2D eigenvalue weighted by atomic mass is 32.2. The number of carbonyl (C=O) groups is 1. The number of amides is 1. The first-order valence-corrected chi connectivity index (χ1v) is 10.6. The molecule has 4 nitrogen and oxygen atoms in total. The van der Waals surface area contributed by atoms with Crippen LogP contribution in [0.1, 0.15) is 23.6 Å². The summed E-state index contributed by atoms with van der Waals surface area (Å²) in [6.45, 7) is 10.00. The summed E-state index contributed by atoms with van der Waals surface area (Å²) in [6.07, 6.45) is 1.61. The lowest BCUT2D eigenvalue weighted by Crippen LogP contribution is -2.35. The fourth-order valence-corrected chi connectivity index (χ4v) is 5.60. The van der Waals surface area contributed by atoms with Crippen LogP contribution in [-0.2, 0) is 21.2 Å². The van der Waals surface area contributed by atoms with Crippen molar-refractivity contribution in [2.75, 3.05) is 0 Å². The van der Waals surface area contributed by atoms with Gasteiger partial charge in [-0.15, -0.1) is 6.58 Å². The molecular formula is C22H25NO3S. The zero-order valence-electron chi connectivity index (χ0n) is 15.9. The Morgan fingerprint density at radius 1 is 1.00 bits per heavy atom. The number of rotatable bonds is 5. The number of likely N-dealkylation sites (tertiary alicyclic amines) is 1. The monoisotopic (exact) mass is 383 g/mol. The van der Waals surface area contributed by atoms with Crippen molar-refractivity contribution in [3.05, 3.63) is 77.9 Å². The van der Waals surface area contributed by atoms with Gasteiger partial charge >= 0.3 is 0 Å². The van der Waals surface area contributed by atoms with Crippen LogP contribution in [0.2, 0.25) is 0 Å². The van der Waals surface area contributed by atoms with Crippen LogP contribution in [0.15, 0.2) is 66.1 Å². The molecule has 1 aliphatic heterocycles. The van der Waals surface area contributed by atoms with Crippen LogP contribution >= 0.6 is 0 Å². The Bertz CT molecular complexity index is 946. The lowest BCUT2D eigenvalue weighted by molar-refractivity contribution is -0.129. The molecule has 0 spiro atoms. The Morgan fingerprint density at radius 2 is 1.52 bits per heavy atom. The molecular weight excluding hydrogens is 358 g/mol. The third-order valence-corrected chi connectivity index (χ3v) is 7.47. The van der Waals surface area contributed by atoms with Crippen molar-refractivity contribution in [3.63, 3.8) is 0 Å². The minimum atomic E-state index is -3.79. The van der Waals surface area contributed by atoms with Gasteiger partial charge in [-0.05, 0) is 38.5 Å². The summed E-state index contributed by atoms with van der Waals surface area (Å²) in [7, 11) is -3.79. The van der Waals surface area contributed by atoms with Crippen LogP contribution in [0, 0.1) is 19.8 Å². The first-order chi connectivity index (χ1) is 12.8. The second-order valence-electron chi connectivity index (χ2n) is 7.28. The topological polar surface area (TPSA) is 54.5 Å². The zero-order valence-corrected chi connectivity index (χ0v) is 16.7. The molecule has 0 N–H and O–H groups in total. The smallest absolute Gasteiger partial charge is 0.242 e. The van der Waals surface area contributed by atoms with E-state index in [1.807, 2.05) is 45.0 Å². The van der Waals surface area contributed by atoms with Crippen LogP contribution in [0.3, 0.4) is 0 Å². The van der Waals surface area contributed by atoms with Crippen LogP contribution in [0.25, 0.3) is 0 Å². The molecule has 27 heavy (non-hydrogen) atoms. The standard InChI is InChI=1S/C22H25NO3S/c1-5-20-17(4)23(14-18-10-6-15(2)7-11-18)22(24)21(20)27(25,26)19-12-8-16(3)9-13-19/h5-13,17,20-21H,1,14H2,2-4H3/t17-,20+,21-/m0/s1. The average Bonchev–Trinajstić information content (AvgIpc) is 2.88. The molecule has 0 saturated carbocycles. The number of benzene rings is 2. The van der Waals surface area contributed by atoms with E-state index in [4.69, 9.17) is 0 Å². The fraction of sp³-hybridized carbons (Fsp3) is 0.318. The van der Waals surface area contributed by atoms with Crippen molar-refractivity contribution in [3.8, 4) is 0 Å². The van der Waals surface area contributed by atoms with Crippen LogP contribution in [0.4, 0.5) is 0 Å². The molecule has 2 aromatic rings. The van der Waals surface area contributed by atoms with Gasteiger partial charge in [0.05, 0.1) is 4.90 Å². The molecule has 1 heterocycles. The van der Waals surface area contributed by atoms with Crippen molar-refractivity contribution in [1.82, 2.24) is 4.90 Å². The molecule has 142 valence electrons. The summed E-state index contributed by atoms with van der Waals surface area (Å²) < 4.78 is 26.4. The average molecular weight is 384 g/mol. The van der Waals surface area contributed by atoms with Crippen molar-refractivity contribution < 1.29 is 13.2 Å². The van der Waals surface area contributed by atoms with Gasteiger partial charge in [0, 0.05) is 18.5 Å². The first-order valence-electron chi connectivity index (χ1n) is 9.05. The van der Waals surface area contributed by atoms with E-state index in [-0.39, 0.29) is 16.8 Å². The molecule has 5 heteroatoms. The van der Waals surface area contributed by atoms with Gasteiger partial charge in [0.1, 0.15) is 0 Å². The Hall–Kier alpha value is -2.40. The number of hydrogen-bond acceptors (Lipinski definition) is 3. The van der Waals surface area contributed by atoms with Crippen LogP contribution < -0.4 is 0 Å². The lowest BCUT2D eigenvalue weighted by Gasteiger charge is -2.23. The molecule has 0 radical (unpaired) electrons. The second kappa shape index (κ2) is 7.31. The molecule has 0 unspecified atom stereocenters. The molecule has 3 atom stereocenters. The largest absolute Gasteiger partial charge is 0.334 e. The van der Waals surface area contributed by atoms with Gasteiger partial charge in [-0.1, -0.05) is 53.6 Å². The van der Waals surface area contributed by atoms with E-state index in [0.29, 0.717) is 6.54 Å². The van der Waals surface area contributed by atoms with Gasteiger partial charge in [0.25, 0.3) is 0 Å². The van der Waals surface area contributed by atoms with Crippen molar-refractivity contribution >= 4 is 15.7 Å². The summed E-state index contributed by atoms with van der Waals surface area (Å²) in [6, 6.07) is 14.3. The van der Waals surface area contributed by atoms with E-state index in [9.17, 15) is 13.2 Å². The fourth-order valence-electron chi connectivity index (χ4n) is 3.64. The Morgan fingerprint density at radius 3 is 2.04 bits per heavy atom. The Labute approximate surface area is 161 Å². The second-order valence-corrected chi connectivity index (χ2v) is 9.35. The third kappa shape index (κ3) is 3.56. The quantitative estimate of drug-likeness (QED) is 0.740. The zero-order chi connectivity index (χ0) is 19.8. The highest BCUT2D eigenvalue weighted by Crippen LogP contribution is 2.35. The number of sulfone groups is 1. The molecule has 1 saturated heterocycles. The van der Waals surface area contributed by atoms with Crippen LogP contribution in [0.5, 0.6) is 0 Å². The van der Waals surface area contributed by atoms with E-state index in [1.165, 1.54) is 0 Å². The number of carbonyl (C=O) groups excluding carboxylic acids is 1.